The molecule has 3 aromatic rings. The summed E-state index contributed by atoms with van der Waals surface area (Å²) < 4.78 is 1.51. The lowest BCUT2D eigenvalue weighted by Gasteiger charge is -2.07. The van der Waals surface area contributed by atoms with Crippen LogP contribution in [0.1, 0.15) is 21.6 Å². The summed E-state index contributed by atoms with van der Waals surface area (Å²) in [6.07, 6.45) is 1.75. The second-order valence-electron chi connectivity index (χ2n) is 5.11. The summed E-state index contributed by atoms with van der Waals surface area (Å²) >= 11 is 1.36. The fourth-order valence-corrected chi connectivity index (χ4v) is 3.19. The number of pyridine rings is 1. The van der Waals surface area contributed by atoms with Crippen molar-refractivity contribution in [2.75, 3.05) is 0 Å². The molecule has 1 N–H and O–H groups in total. The molecule has 23 heavy (non-hydrogen) atoms. The summed E-state index contributed by atoms with van der Waals surface area (Å²) in [6.45, 7) is 1.92. The van der Waals surface area contributed by atoms with Gasteiger partial charge in [-0.15, -0.1) is 11.8 Å². The predicted molar refractivity (Wildman–Crippen MR) is 89.2 cm³/mol. The maximum absolute atomic E-state index is 12.2. The van der Waals surface area contributed by atoms with Gasteiger partial charge in [-0.3, -0.25) is 9.20 Å². The maximum Gasteiger partial charge on any atom is 0.336 e. The number of aryl methyl sites for hydroxylation is 1. The van der Waals surface area contributed by atoms with E-state index in [2.05, 4.69) is 4.98 Å². The first kappa shape index (κ1) is 15.3. The van der Waals surface area contributed by atoms with Crippen LogP contribution in [-0.2, 0) is 5.75 Å². The van der Waals surface area contributed by atoms with Gasteiger partial charge < -0.3 is 5.11 Å². The molecule has 0 bridgehead atoms. The molecule has 0 aliphatic heterocycles. The third-order valence-electron chi connectivity index (χ3n) is 3.35. The summed E-state index contributed by atoms with van der Waals surface area (Å²) in [5.74, 6) is -0.528. The Kier molecular flexibility index (Phi) is 4.16. The number of benzene rings is 1. The van der Waals surface area contributed by atoms with Gasteiger partial charge in [0.1, 0.15) is 5.65 Å². The second-order valence-corrected chi connectivity index (χ2v) is 6.13. The predicted octanol–water partition coefficient (Wildman–Crippen LogP) is 2.99. The first-order valence-corrected chi connectivity index (χ1v) is 7.97. The number of hydrogen-bond acceptors (Lipinski definition) is 4. The minimum atomic E-state index is -0.963. The van der Waals surface area contributed by atoms with E-state index in [0.29, 0.717) is 22.0 Å². The Balaban J connectivity index is 1.90. The number of rotatable bonds is 4. The molecule has 0 spiro atoms. The Morgan fingerprint density at radius 3 is 2.83 bits per heavy atom. The standard InChI is InChI=1S/C17H14N2O3S/c1-11-6-7-15-18-12(8-16(20)19(15)9-11)10-23-14-5-3-2-4-13(14)17(21)22/h2-9H,10H2,1H3,(H,21,22). The quantitative estimate of drug-likeness (QED) is 0.746. The number of fused-ring (bicyclic) bond motifs is 1. The summed E-state index contributed by atoms with van der Waals surface area (Å²) in [5, 5.41) is 9.19. The molecule has 0 atom stereocenters. The molecule has 0 amide bonds. The molecule has 2 heterocycles. The highest BCUT2D eigenvalue weighted by Crippen LogP contribution is 2.25. The minimum Gasteiger partial charge on any atom is -0.478 e. The van der Waals surface area contributed by atoms with Crippen LogP contribution in [-0.4, -0.2) is 20.5 Å². The smallest absolute Gasteiger partial charge is 0.336 e. The Morgan fingerprint density at radius 1 is 1.26 bits per heavy atom. The average molecular weight is 326 g/mol. The molecular formula is C17H14N2O3S. The minimum absolute atomic E-state index is 0.138. The van der Waals surface area contributed by atoms with Crippen LogP contribution in [0.25, 0.3) is 5.65 Å². The normalized spacial score (nSPS) is 10.8. The average Bonchev–Trinajstić information content (AvgIpc) is 2.54. The first-order valence-electron chi connectivity index (χ1n) is 6.98. The topological polar surface area (TPSA) is 71.7 Å². The van der Waals surface area contributed by atoms with Gasteiger partial charge >= 0.3 is 5.97 Å². The number of carboxylic acids is 1. The van der Waals surface area contributed by atoms with Crippen molar-refractivity contribution in [2.45, 2.75) is 17.6 Å². The van der Waals surface area contributed by atoms with Crippen molar-refractivity contribution >= 4 is 23.4 Å². The zero-order valence-electron chi connectivity index (χ0n) is 12.4. The monoisotopic (exact) mass is 326 g/mol. The lowest BCUT2D eigenvalue weighted by molar-refractivity contribution is 0.0693. The molecule has 6 heteroatoms. The summed E-state index contributed by atoms with van der Waals surface area (Å²) in [5.41, 5.74) is 2.32. The van der Waals surface area contributed by atoms with Crippen LogP contribution >= 0.6 is 11.8 Å². The molecule has 0 saturated heterocycles. The number of carboxylic acid groups (broad SMARTS) is 1. The maximum atomic E-state index is 12.2. The van der Waals surface area contributed by atoms with Gasteiger partial charge in [0.05, 0.1) is 11.3 Å². The van der Waals surface area contributed by atoms with Crippen molar-refractivity contribution in [3.05, 3.63) is 75.8 Å². The van der Waals surface area contributed by atoms with E-state index < -0.39 is 5.97 Å². The van der Waals surface area contributed by atoms with E-state index in [1.165, 1.54) is 22.2 Å². The molecule has 0 aliphatic rings. The highest BCUT2D eigenvalue weighted by atomic mass is 32.2. The number of thioether (sulfide) groups is 1. The number of carbonyl (C=O) groups is 1. The fraction of sp³-hybridized carbons (Fsp3) is 0.118. The van der Waals surface area contributed by atoms with Crippen LogP contribution in [0, 0.1) is 6.92 Å². The molecular weight excluding hydrogens is 312 g/mol. The molecule has 0 radical (unpaired) electrons. The zero-order chi connectivity index (χ0) is 16.4. The van der Waals surface area contributed by atoms with E-state index in [1.807, 2.05) is 13.0 Å². The van der Waals surface area contributed by atoms with Crippen LogP contribution in [0.4, 0.5) is 0 Å². The van der Waals surface area contributed by atoms with Crippen LogP contribution < -0.4 is 5.56 Å². The largest absolute Gasteiger partial charge is 0.478 e. The Bertz CT molecular complexity index is 950. The molecule has 1 aromatic carbocycles. The van der Waals surface area contributed by atoms with E-state index in [9.17, 15) is 14.7 Å². The van der Waals surface area contributed by atoms with Crippen molar-refractivity contribution < 1.29 is 9.90 Å². The van der Waals surface area contributed by atoms with Crippen LogP contribution in [0.5, 0.6) is 0 Å². The number of aromatic nitrogens is 2. The van der Waals surface area contributed by atoms with E-state index in [1.54, 1.807) is 36.5 Å². The van der Waals surface area contributed by atoms with Gasteiger partial charge in [0.15, 0.2) is 0 Å². The highest BCUT2D eigenvalue weighted by Gasteiger charge is 2.10. The molecule has 0 fully saturated rings. The Hall–Kier alpha value is -2.60. The summed E-state index contributed by atoms with van der Waals surface area (Å²) in [6, 6.07) is 12.0. The van der Waals surface area contributed by atoms with Gasteiger partial charge in [-0.1, -0.05) is 18.2 Å². The van der Waals surface area contributed by atoms with Crippen molar-refractivity contribution in [3.8, 4) is 0 Å². The van der Waals surface area contributed by atoms with E-state index in [0.717, 1.165) is 5.56 Å². The van der Waals surface area contributed by atoms with Crippen molar-refractivity contribution in [2.24, 2.45) is 0 Å². The SMILES string of the molecule is Cc1ccc2nc(CSc3ccccc3C(=O)O)cc(=O)n2c1. The molecule has 116 valence electrons. The lowest BCUT2D eigenvalue weighted by Crippen LogP contribution is -2.15. The molecule has 0 saturated carbocycles. The second kappa shape index (κ2) is 6.26. The van der Waals surface area contributed by atoms with E-state index in [4.69, 9.17) is 0 Å². The van der Waals surface area contributed by atoms with Crippen molar-refractivity contribution in [1.29, 1.82) is 0 Å². The fourth-order valence-electron chi connectivity index (χ4n) is 2.25. The number of aromatic carboxylic acids is 1. The number of hydrogen-bond donors (Lipinski definition) is 1. The van der Waals surface area contributed by atoms with Gasteiger partial charge in [-0.25, -0.2) is 9.78 Å². The zero-order valence-corrected chi connectivity index (χ0v) is 13.2. The van der Waals surface area contributed by atoms with E-state index in [-0.39, 0.29) is 11.1 Å². The third-order valence-corrected chi connectivity index (χ3v) is 4.46. The molecule has 0 unspecified atom stereocenters. The third kappa shape index (κ3) is 3.27. The Labute approximate surface area is 136 Å². The van der Waals surface area contributed by atoms with Gasteiger partial charge in [-0.05, 0) is 30.7 Å². The van der Waals surface area contributed by atoms with E-state index >= 15 is 0 Å². The Morgan fingerprint density at radius 2 is 2.04 bits per heavy atom. The highest BCUT2D eigenvalue weighted by molar-refractivity contribution is 7.98. The van der Waals surface area contributed by atoms with Gasteiger partial charge in [-0.2, -0.15) is 0 Å². The van der Waals surface area contributed by atoms with Crippen molar-refractivity contribution in [3.63, 3.8) is 0 Å². The summed E-state index contributed by atoms with van der Waals surface area (Å²) in [4.78, 5) is 28.5. The number of nitrogens with zero attached hydrogens (tertiary/aromatic N) is 2. The van der Waals surface area contributed by atoms with Gasteiger partial charge in [0.2, 0.25) is 0 Å². The molecule has 5 nitrogen and oxygen atoms in total. The van der Waals surface area contributed by atoms with Gasteiger partial charge in [0.25, 0.3) is 5.56 Å². The molecule has 3 rings (SSSR count). The molecule has 0 aliphatic carbocycles. The van der Waals surface area contributed by atoms with Crippen molar-refractivity contribution in [1.82, 2.24) is 9.38 Å². The molecule has 2 aromatic heterocycles. The van der Waals surface area contributed by atoms with Crippen LogP contribution in [0.15, 0.2) is 58.4 Å². The first-order chi connectivity index (χ1) is 11.0. The van der Waals surface area contributed by atoms with Gasteiger partial charge in [0, 0.05) is 22.9 Å². The summed E-state index contributed by atoms with van der Waals surface area (Å²) in [7, 11) is 0. The van der Waals surface area contributed by atoms with Crippen LogP contribution in [0.2, 0.25) is 0 Å². The van der Waals surface area contributed by atoms with Crippen LogP contribution in [0.3, 0.4) is 0 Å². The lowest BCUT2D eigenvalue weighted by atomic mass is 10.2.